The van der Waals surface area contributed by atoms with Gasteiger partial charge in [-0.2, -0.15) is 29.9 Å². The molecule has 0 aliphatic heterocycles. The lowest BCUT2D eigenvalue weighted by atomic mass is 10.1. The zero-order valence-corrected chi connectivity index (χ0v) is 37.4. The first kappa shape index (κ1) is 45.9. The maximum atomic E-state index is 13.0. The molecule has 8 rings (SSSR count). The van der Waals surface area contributed by atoms with Crippen LogP contribution in [0.15, 0.2) is 109 Å². The smallest absolute Gasteiger partial charge is 0.328 e. The SMILES string of the molecule is COC(=O)[C@H](Cc1ccc(O)cc1)Nc1nc(NCCNc2nc(NCCc3cc4ccccc4[nH]3)nc(N[C@@H](Cc3ccc(O)cc3)C(=O)OC)n2)nc(NCCc2cc3ccccc3[nH]2)n1. The summed E-state index contributed by atoms with van der Waals surface area (Å²) < 4.78 is 10.2. The predicted molar refractivity (Wildman–Crippen MR) is 260 cm³/mol. The molecule has 0 amide bonds. The fourth-order valence-corrected chi connectivity index (χ4v) is 7.42. The molecule has 0 radical (unpaired) electrons. The van der Waals surface area contributed by atoms with Crippen LogP contribution < -0.4 is 31.9 Å². The number of fused-ring (bicyclic) bond motifs is 2. The Hall–Kier alpha value is -8.68. The molecule has 10 N–H and O–H groups in total. The molecule has 8 aromatic rings. The van der Waals surface area contributed by atoms with Crippen LogP contribution >= 0.6 is 0 Å². The molecule has 0 aliphatic carbocycles. The normalized spacial score (nSPS) is 12.0. The van der Waals surface area contributed by atoms with Gasteiger partial charge >= 0.3 is 11.9 Å². The Balaban J connectivity index is 0.974. The highest BCUT2D eigenvalue weighted by Crippen LogP contribution is 2.20. The number of rotatable bonds is 23. The van der Waals surface area contributed by atoms with Crippen molar-refractivity contribution in [3.05, 3.63) is 132 Å². The molecule has 0 fully saturated rings. The van der Waals surface area contributed by atoms with Crippen LogP contribution in [0.25, 0.3) is 21.8 Å². The number of benzene rings is 4. The molecule has 20 heteroatoms. The van der Waals surface area contributed by atoms with Crippen molar-refractivity contribution in [2.75, 3.05) is 72.3 Å². The molecule has 0 saturated heterocycles. The minimum absolute atomic E-state index is 0.110. The van der Waals surface area contributed by atoms with Gasteiger partial charge in [0.1, 0.15) is 23.6 Å². The van der Waals surface area contributed by atoms with Crippen molar-refractivity contribution >= 4 is 69.4 Å². The lowest BCUT2D eigenvalue weighted by molar-refractivity contribution is -0.142. The number of H-pyrrole nitrogens is 2. The van der Waals surface area contributed by atoms with E-state index in [1.54, 1.807) is 48.5 Å². The minimum atomic E-state index is -0.863. The monoisotopic (exact) mass is 920 g/mol. The number of phenolic OH excluding ortho intramolecular Hbond substituents is 2. The summed E-state index contributed by atoms with van der Waals surface area (Å²) in [7, 11) is 2.62. The lowest BCUT2D eigenvalue weighted by Gasteiger charge is -2.18. The highest BCUT2D eigenvalue weighted by Gasteiger charge is 2.24. The number of nitrogens with one attached hydrogen (secondary N) is 8. The number of hydrogen-bond acceptors (Lipinski definition) is 18. The molecule has 350 valence electrons. The summed E-state index contributed by atoms with van der Waals surface area (Å²) in [4.78, 5) is 60.5. The van der Waals surface area contributed by atoms with Crippen LogP contribution in [0.5, 0.6) is 11.5 Å². The molecule has 68 heavy (non-hydrogen) atoms. The second-order valence-corrected chi connectivity index (χ2v) is 15.8. The van der Waals surface area contributed by atoms with Gasteiger partial charge in [0.2, 0.25) is 35.7 Å². The van der Waals surface area contributed by atoms with Gasteiger partial charge in [-0.1, -0.05) is 60.7 Å². The average Bonchev–Trinajstić information content (AvgIpc) is 3.97. The summed E-state index contributed by atoms with van der Waals surface area (Å²) in [5.41, 5.74) is 5.74. The first-order valence-corrected chi connectivity index (χ1v) is 22.0. The minimum Gasteiger partial charge on any atom is -0.508 e. The lowest BCUT2D eigenvalue weighted by Crippen LogP contribution is -2.34. The summed E-state index contributed by atoms with van der Waals surface area (Å²) in [5, 5.41) is 41.1. The Morgan fingerprint density at radius 3 is 1.22 bits per heavy atom. The van der Waals surface area contributed by atoms with Crippen LogP contribution in [-0.2, 0) is 44.7 Å². The maximum Gasteiger partial charge on any atom is 0.328 e. The first-order chi connectivity index (χ1) is 33.2. The number of ether oxygens (including phenoxy) is 2. The van der Waals surface area contributed by atoms with E-state index in [-0.39, 0.29) is 73.1 Å². The molecule has 0 bridgehead atoms. The Bertz CT molecular complexity index is 2680. The number of hydrogen-bond donors (Lipinski definition) is 10. The van der Waals surface area contributed by atoms with Crippen molar-refractivity contribution in [3.8, 4) is 11.5 Å². The fourth-order valence-electron chi connectivity index (χ4n) is 7.42. The molecule has 0 unspecified atom stereocenters. The van der Waals surface area contributed by atoms with E-state index in [0.717, 1.165) is 44.3 Å². The van der Waals surface area contributed by atoms with E-state index in [2.05, 4.69) is 96.0 Å². The van der Waals surface area contributed by atoms with Crippen LogP contribution in [-0.4, -0.2) is 115 Å². The summed E-state index contributed by atoms with van der Waals surface area (Å²) in [6.45, 7) is 1.56. The van der Waals surface area contributed by atoms with Crippen LogP contribution in [0.4, 0.5) is 35.7 Å². The maximum absolute atomic E-state index is 13.0. The third-order valence-electron chi connectivity index (χ3n) is 10.8. The Morgan fingerprint density at radius 1 is 0.500 bits per heavy atom. The Labute approximate surface area is 390 Å². The Kier molecular flexibility index (Phi) is 14.8. The van der Waals surface area contributed by atoms with Crippen molar-refractivity contribution in [1.82, 2.24) is 39.9 Å². The number of carbonyl (C=O) groups excluding carboxylic acids is 2. The number of phenols is 2. The largest absolute Gasteiger partial charge is 0.508 e. The van der Waals surface area contributed by atoms with Gasteiger partial charge in [0.15, 0.2) is 0 Å². The van der Waals surface area contributed by atoms with Gasteiger partial charge < -0.3 is 61.6 Å². The van der Waals surface area contributed by atoms with Gasteiger partial charge in [0, 0.05) is 74.3 Å². The Morgan fingerprint density at radius 2 is 0.853 bits per heavy atom. The second-order valence-electron chi connectivity index (χ2n) is 15.8. The number of anilines is 6. The van der Waals surface area contributed by atoms with E-state index in [0.29, 0.717) is 25.9 Å². The first-order valence-electron chi connectivity index (χ1n) is 22.0. The van der Waals surface area contributed by atoms with E-state index < -0.39 is 24.0 Å². The fraction of sp³-hybridized carbons (Fsp3) is 0.250. The van der Waals surface area contributed by atoms with Crippen LogP contribution in [0, 0.1) is 0 Å². The highest BCUT2D eigenvalue weighted by atomic mass is 16.5. The van der Waals surface area contributed by atoms with Crippen LogP contribution in [0.1, 0.15) is 22.5 Å². The number of aromatic hydroxyl groups is 2. The zero-order chi connectivity index (χ0) is 47.2. The number of nitrogens with zero attached hydrogens (tertiary/aromatic N) is 6. The van der Waals surface area contributed by atoms with Crippen molar-refractivity contribution in [1.29, 1.82) is 0 Å². The highest BCUT2D eigenvalue weighted by molar-refractivity contribution is 5.81. The molecule has 4 aromatic heterocycles. The molecule has 4 aromatic carbocycles. The third-order valence-corrected chi connectivity index (χ3v) is 10.8. The topological polar surface area (TPSA) is 274 Å². The second kappa shape index (κ2) is 22.0. The number of para-hydroxylation sites is 2. The summed E-state index contributed by atoms with van der Waals surface area (Å²) in [6, 6.07) is 31.7. The number of aromatic amines is 2. The van der Waals surface area contributed by atoms with Gasteiger partial charge in [-0.3, -0.25) is 0 Å². The van der Waals surface area contributed by atoms with Gasteiger partial charge in [0.25, 0.3) is 0 Å². The van der Waals surface area contributed by atoms with Crippen LogP contribution in [0.3, 0.4) is 0 Å². The van der Waals surface area contributed by atoms with E-state index in [1.807, 2.05) is 36.4 Å². The van der Waals surface area contributed by atoms with Crippen molar-refractivity contribution in [2.24, 2.45) is 0 Å². The van der Waals surface area contributed by atoms with Gasteiger partial charge in [0.05, 0.1) is 14.2 Å². The van der Waals surface area contributed by atoms with E-state index in [9.17, 15) is 19.8 Å². The van der Waals surface area contributed by atoms with Gasteiger partial charge in [-0.15, -0.1) is 0 Å². The number of aromatic nitrogens is 8. The van der Waals surface area contributed by atoms with Gasteiger partial charge in [-0.05, 0) is 70.4 Å². The molecule has 0 saturated carbocycles. The average molecular weight is 921 g/mol. The quantitative estimate of drug-likeness (QED) is 0.0274. The van der Waals surface area contributed by atoms with Crippen molar-refractivity contribution in [2.45, 2.75) is 37.8 Å². The summed E-state index contributed by atoms with van der Waals surface area (Å²) in [6.07, 6.45) is 1.77. The molecule has 4 heterocycles. The molecule has 0 spiro atoms. The predicted octanol–water partition coefficient (Wildman–Crippen LogP) is 5.66. The molecule has 2 atom stereocenters. The van der Waals surface area contributed by atoms with E-state index in [1.165, 1.54) is 14.2 Å². The van der Waals surface area contributed by atoms with E-state index >= 15 is 0 Å². The molecule has 0 aliphatic rings. The van der Waals surface area contributed by atoms with Crippen LogP contribution in [0.2, 0.25) is 0 Å². The number of carbonyl (C=O) groups is 2. The summed E-state index contributed by atoms with van der Waals surface area (Å²) in [5.74, 6) is 0.400. The third kappa shape index (κ3) is 12.6. The van der Waals surface area contributed by atoms with Gasteiger partial charge in [-0.25, -0.2) is 9.59 Å². The van der Waals surface area contributed by atoms with E-state index in [4.69, 9.17) is 9.47 Å². The molecular formula is C48H52N14O6. The zero-order valence-electron chi connectivity index (χ0n) is 37.4. The number of methoxy groups -OCH3 is 2. The van der Waals surface area contributed by atoms with Crippen molar-refractivity contribution < 1.29 is 29.3 Å². The van der Waals surface area contributed by atoms with Crippen molar-refractivity contribution in [3.63, 3.8) is 0 Å². The number of esters is 2. The standard InChI is InChI=1S/C48H52N14O6/c1-67-41(65)39(25-29-11-15-35(63)16-12-29)55-47-59-43(49-21-19-33-27-31-7-3-5-9-37(31)53-33)57-45(61-47)51-23-24-52-46-58-44(50-22-20-34-28-32-8-4-6-10-38(32)54-34)60-48(62-46)56-40(42(66)68-2)26-30-13-17-36(64)18-14-30/h3-18,27-28,39-40,53-54,63-64H,19-26H2,1-2H3,(H3,49,51,55,57,59,61)(H3,50,52,56,58,60,62)/t39-,40-/m0/s1. The summed E-state index contributed by atoms with van der Waals surface area (Å²) >= 11 is 0. The molecular weight excluding hydrogens is 869 g/mol. The molecule has 20 nitrogen and oxygen atoms in total.